The molecule has 1 aromatic rings. The molecule has 1 amide bonds. The van der Waals surface area contributed by atoms with Crippen LogP contribution in [0.15, 0.2) is 11.4 Å². The minimum absolute atomic E-state index is 0.0965. The molecule has 4 nitrogen and oxygen atoms in total. The summed E-state index contributed by atoms with van der Waals surface area (Å²) in [5.74, 6) is 5.60. The lowest BCUT2D eigenvalue weighted by atomic mass is 10.1. The standard InChI is InChI=1S/C15H19NO3S/c1-16(15(18)9-13-5-3-7-19-13)10-14-8-12(11-20-14)4-2-6-17/h8,11,13,17H,3,5-7,9-10H2,1H3. The summed E-state index contributed by atoms with van der Waals surface area (Å²) in [4.78, 5) is 14.9. The number of aliphatic hydroxyl groups is 1. The summed E-state index contributed by atoms with van der Waals surface area (Å²) in [7, 11) is 1.82. The van der Waals surface area contributed by atoms with E-state index >= 15 is 0 Å². The molecule has 1 fully saturated rings. The van der Waals surface area contributed by atoms with E-state index in [1.807, 2.05) is 18.5 Å². The number of amides is 1. The Morgan fingerprint density at radius 1 is 1.65 bits per heavy atom. The minimum atomic E-state index is -0.134. The second-order valence-corrected chi connectivity index (χ2v) is 5.85. The van der Waals surface area contributed by atoms with Crippen molar-refractivity contribution >= 4 is 17.2 Å². The summed E-state index contributed by atoms with van der Waals surface area (Å²) in [6, 6.07) is 1.96. The molecule has 0 saturated carbocycles. The quantitative estimate of drug-likeness (QED) is 0.858. The molecule has 0 spiro atoms. The zero-order chi connectivity index (χ0) is 14.4. The van der Waals surface area contributed by atoms with Crippen molar-refractivity contribution in [3.05, 3.63) is 21.9 Å². The van der Waals surface area contributed by atoms with Crippen molar-refractivity contribution in [2.24, 2.45) is 0 Å². The molecule has 5 heteroatoms. The predicted octanol–water partition coefficient (Wildman–Crippen LogP) is 1.62. The predicted molar refractivity (Wildman–Crippen MR) is 78.3 cm³/mol. The molecule has 1 aromatic heterocycles. The monoisotopic (exact) mass is 293 g/mol. The van der Waals surface area contributed by atoms with Crippen LogP contribution in [0.3, 0.4) is 0 Å². The topological polar surface area (TPSA) is 49.8 Å². The molecule has 1 aliphatic rings. The van der Waals surface area contributed by atoms with Crippen molar-refractivity contribution in [2.75, 3.05) is 20.3 Å². The zero-order valence-corrected chi connectivity index (χ0v) is 12.4. The van der Waals surface area contributed by atoms with E-state index in [0.29, 0.717) is 13.0 Å². The summed E-state index contributed by atoms with van der Waals surface area (Å²) < 4.78 is 5.49. The van der Waals surface area contributed by atoms with Gasteiger partial charge in [0, 0.05) is 29.5 Å². The Labute approximate surface area is 123 Å². The molecule has 0 aliphatic carbocycles. The summed E-state index contributed by atoms with van der Waals surface area (Å²) >= 11 is 1.58. The van der Waals surface area contributed by atoms with Gasteiger partial charge in [0.2, 0.25) is 5.91 Å². The Hall–Kier alpha value is -1.35. The Balaban J connectivity index is 1.85. The number of ether oxygens (including phenoxy) is 1. The highest BCUT2D eigenvalue weighted by Crippen LogP contribution is 2.19. The van der Waals surface area contributed by atoms with Gasteiger partial charge in [-0.25, -0.2) is 0 Å². The van der Waals surface area contributed by atoms with Crippen LogP contribution in [0.1, 0.15) is 29.7 Å². The molecule has 2 heterocycles. The van der Waals surface area contributed by atoms with E-state index in [9.17, 15) is 4.79 Å². The molecule has 1 N–H and O–H groups in total. The van der Waals surface area contributed by atoms with Crippen LogP contribution in [0.25, 0.3) is 0 Å². The maximum atomic E-state index is 12.1. The van der Waals surface area contributed by atoms with Crippen molar-refractivity contribution in [3.8, 4) is 11.8 Å². The number of thiophene rings is 1. The van der Waals surface area contributed by atoms with Gasteiger partial charge in [-0.1, -0.05) is 11.8 Å². The van der Waals surface area contributed by atoms with Gasteiger partial charge in [-0.3, -0.25) is 4.79 Å². The first kappa shape index (κ1) is 15.0. The van der Waals surface area contributed by atoms with Crippen LogP contribution in [0.4, 0.5) is 0 Å². The molecule has 2 rings (SSSR count). The number of nitrogens with zero attached hydrogens (tertiary/aromatic N) is 1. The number of aliphatic hydroxyl groups excluding tert-OH is 1. The highest BCUT2D eigenvalue weighted by Gasteiger charge is 2.21. The Morgan fingerprint density at radius 2 is 2.50 bits per heavy atom. The van der Waals surface area contributed by atoms with Crippen molar-refractivity contribution in [1.29, 1.82) is 0 Å². The van der Waals surface area contributed by atoms with E-state index in [1.54, 1.807) is 16.2 Å². The normalized spacial score (nSPS) is 17.6. The summed E-state index contributed by atoms with van der Waals surface area (Å²) in [5.41, 5.74) is 0.888. The van der Waals surface area contributed by atoms with E-state index in [2.05, 4.69) is 11.8 Å². The highest BCUT2D eigenvalue weighted by atomic mass is 32.1. The molecule has 1 unspecified atom stereocenters. The number of hydrogen-bond donors (Lipinski definition) is 1. The second-order valence-electron chi connectivity index (χ2n) is 4.85. The van der Waals surface area contributed by atoms with Gasteiger partial charge >= 0.3 is 0 Å². The van der Waals surface area contributed by atoms with Crippen molar-refractivity contribution in [2.45, 2.75) is 31.9 Å². The zero-order valence-electron chi connectivity index (χ0n) is 11.6. The lowest BCUT2D eigenvalue weighted by Crippen LogP contribution is -2.29. The van der Waals surface area contributed by atoms with Crippen LogP contribution >= 0.6 is 11.3 Å². The fourth-order valence-corrected chi connectivity index (χ4v) is 3.02. The summed E-state index contributed by atoms with van der Waals surface area (Å²) in [5, 5.41) is 10.6. The van der Waals surface area contributed by atoms with Crippen LogP contribution in [0, 0.1) is 11.8 Å². The Kier molecular flexibility index (Phi) is 5.60. The van der Waals surface area contributed by atoms with E-state index in [-0.39, 0.29) is 18.6 Å². The summed E-state index contributed by atoms with van der Waals surface area (Å²) in [6.07, 6.45) is 2.61. The van der Waals surface area contributed by atoms with E-state index in [1.165, 1.54) is 0 Å². The third-order valence-electron chi connectivity index (χ3n) is 3.21. The first-order valence-electron chi connectivity index (χ1n) is 6.71. The molecule has 0 aromatic carbocycles. The third kappa shape index (κ3) is 4.34. The first-order valence-corrected chi connectivity index (χ1v) is 7.59. The minimum Gasteiger partial charge on any atom is -0.384 e. The molecule has 108 valence electrons. The van der Waals surface area contributed by atoms with Gasteiger partial charge in [-0.2, -0.15) is 0 Å². The number of rotatable bonds is 4. The number of hydrogen-bond acceptors (Lipinski definition) is 4. The smallest absolute Gasteiger partial charge is 0.225 e. The maximum Gasteiger partial charge on any atom is 0.225 e. The van der Waals surface area contributed by atoms with Crippen LogP contribution in [0.2, 0.25) is 0 Å². The van der Waals surface area contributed by atoms with Gasteiger partial charge in [-0.15, -0.1) is 11.3 Å². The van der Waals surface area contributed by atoms with Crippen LogP contribution in [-0.4, -0.2) is 42.3 Å². The molecule has 0 bridgehead atoms. The van der Waals surface area contributed by atoms with Gasteiger partial charge < -0.3 is 14.7 Å². The summed E-state index contributed by atoms with van der Waals surface area (Å²) in [6.45, 7) is 1.24. The van der Waals surface area contributed by atoms with Gasteiger partial charge in [0.1, 0.15) is 6.61 Å². The molecule has 0 radical (unpaired) electrons. The third-order valence-corrected chi connectivity index (χ3v) is 4.13. The molecule has 20 heavy (non-hydrogen) atoms. The van der Waals surface area contributed by atoms with Crippen LogP contribution < -0.4 is 0 Å². The van der Waals surface area contributed by atoms with E-state index < -0.39 is 0 Å². The fraction of sp³-hybridized carbons (Fsp3) is 0.533. The van der Waals surface area contributed by atoms with Gasteiger partial charge in [-0.05, 0) is 18.9 Å². The van der Waals surface area contributed by atoms with Gasteiger partial charge in [0.25, 0.3) is 0 Å². The lowest BCUT2D eigenvalue weighted by Gasteiger charge is -2.18. The van der Waals surface area contributed by atoms with E-state index in [0.717, 1.165) is 29.9 Å². The average Bonchev–Trinajstić information content (AvgIpc) is 3.08. The van der Waals surface area contributed by atoms with Crippen LogP contribution in [0.5, 0.6) is 0 Å². The van der Waals surface area contributed by atoms with E-state index in [4.69, 9.17) is 9.84 Å². The van der Waals surface area contributed by atoms with Gasteiger partial charge in [0.05, 0.1) is 19.1 Å². The first-order chi connectivity index (χ1) is 9.69. The molecular formula is C15H19NO3S. The maximum absolute atomic E-state index is 12.1. The molecule has 1 saturated heterocycles. The van der Waals surface area contributed by atoms with Gasteiger partial charge in [0.15, 0.2) is 0 Å². The van der Waals surface area contributed by atoms with Crippen molar-refractivity contribution in [3.63, 3.8) is 0 Å². The van der Waals surface area contributed by atoms with Crippen molar-refractivity contribution in [1.82, 2.24) is 4.90 Å². The Bertz CT molecular complexity index is 509. The SMILES string of the molecule is CN(Cc1cc(C#CCO)cs1)C(=O)CC1CCCO1. The average molecular weight is 293 g/mol. The van der Waals surface area contributed by atoms with Crippen LogP contribution in [-0.2, 0) is 16.1 Å². The van der Waals surface area contributed by atoms with Crippen molar-refractivity contribution < 1.29 is 14.6 Å². The number of carbonyl (C=O) groups is 1. The molecular weight excluding hydrogens is 274 g/mol. The molecule has 1 atom stereocenters. The second kappa shape index (κ2) is 7.44. The fourth-order valence-electron chi connectivity index (χ4n) is 2.15. The number of carbonyl (C=O) groups excluding carboxylic acids is 1. The highest BCUT2D eigenvalue weighted by molar-refractivity contribution is 7.10. The largest absolute Gasteiger partial charge is 0.384 e. The Morgan fingerprint density at radius 3 is 3.20 bits per heavy atom. The lowest BCUT2D eigenvalue weighted by molar-refractivity contribution is -0.132. The molecule has 1 aliphatic heterocycles.